The summed E-state index contributed by atoms with van der Waals surface area (Å²) in [6.45, 7) is 19.3. The molecule has 0 saturated heterocycles. The molecule has 3 unspecified atom stereocenters. The minimum atomic E-state index is -1.48. The fourth-order valence-electron chi connectivity index (χ4n) is 7.82. The summed E-state index contributed by atoms with van der Waals surface area (Å²) in [4.78, 5) is 0. The van der Waals surface area contributed by atoms with Gasteiger partial charge in [0.05, 0.1) is 12.2 Å². The van der Waals surface area contributed by atoms with Gasteiger partial charge in [-0.15, -0.1) is 0 Å². The Morgan fingerprint density at radius 3 is 2.14 bits per heavy atom. The molecule has 0 heterocycles. The molecule has 0 radical (unpaired) electrons. The number of hydrogen-bond donors (Lipinski definition) is 0. The summed E-state index contributed by atoms with van der Waals surface area (Å²) in [5.74, 6) is 2.69. The molecular weight excluding hydrogens is 388 g/mol. The average molecular weight is 435 g/mol. The van der Waals surface area contributed by atoms with E-state index in [-0.39, 0.29) is 0 Å². The molecule has 4 aliphatic rings. The van der Waals surface area contributed by atoms with Gasteiger partial charge in [-0.1, -0.05) is 25.5 Å². The van der Waals surface area contributed by atoms with Crippen molar-refractivity contribution in [1.29, 1.82) is 0 Å². The predicted molar refractivity (Wildman–Crippen MR) is 128 cm³/mol. The Labute approximate surface area is 182 Å². The van der Waals surface area contributed by atoms with Crippen LogP contribution in [0, 0.1) is 28.6 Å². The largest absolute Gasteiger partial charge is 0.414 e. The van der Waals surface area contributed by atoms with E-state index in [2.05, 4.69) is 59.2 Å². The first-order chi connectivity index (χ1) is 13.3. The summed E-state index contributed by atoms with van der Waals surface area (Å²) < 4.78 is 13.3. The van der Waals surface area contributed by atoms with Gasteiger partial charge in [0.25, 0.3) is 0 Å². The van der Waals surface area contributed by atoms with Crippen molar-refractivity contribution in [3.05, 3.63) is 11.6 Å². The fourth-order valence-corrected chi connectivity index (χ4v) is 10.2. The van der Waals surface area contributed by atoms with Crippen LogP contribution in [-0.4, -0.2) is 28.8 Å². The third-order valence-corrected chi connectivity index (χ3v) is 11.0. The zero-order chi connectivity index (χ0) is 21.2. The van der Waals surface area contributed by atoms with E-state index in [1.54, 1.807) is 5.57 Å². The highest BCUT2D eigenvalue weighted by Crippen LogP contribution is 2.66. The first-order valence-corrected chi connectivity index (χ1v) is 19.2. The van der Waals surface area contributed by atoms with Crippen LogP contribution in [0.15, 0.2) is 11.6 Å². The maximum atomic E-state index is 6.76. The third kappa shape index (κ3) is 4.13. The van der Waals surface area contributed by atoms with Crippen LogP contribution in [0.1, 0.15) is 65.2 Å². The lowest BCUT2D eigenvalue weighted by Crippen LogP contribution is -2.52. The van der Waals surface area contributed by atoms with Gasteiger partial charge < -0.3 is 8.85 Å². The van der Waals surface area contributed by atoms with E-state index in [4.69, 9.17) is 8.85 Å². The summed E-state index contributed by atoms with van der Waals surface area (Å²) in [5.41, 5.74) is 2.61. The van der Waals surface area contributed by atoms with Crippen LogP contribution in [0.3, 0.4) is 0 Å². The van der Waals surface area contributed by atoms with Crippen molar-refractivity contribution in [3.63, 3.8) is 0 Å². The lowest BCUT2D eigenvalue weighted by atomic mass is 9.47. The molecule has 4 heteroatoms. The van der Waals surface area contributed by atoms with Crippen LogP contribution in [-0.2, 0) is 8.85 Å². The number of allylic oxidation sites excluding steroid dienone is 1. The molecule has 2 nitrogen and oxygen atoms in total. The Balaban J connectivity index is 1.54. The second-order valence-electron chi connectivity index (χ2n) is 13.2. The smallest absolute Gasteiger partial charge is 0.184 e. The first-order valence-electron chi connectivity index (χ1n) is 12.4. The van der Waals surface area contributed by atoms with Gasteiger partial charge in [-0.05, 0) is 119 Å². The molecular formula is C25H46O2Si2. The van der Waals surface area contributed by atoms with Gasteiger partial charge in [-0.2, -0.15) is 0 Å². The minimum absolute atomic E-state index is 0.385. The summed E-state index contributed by atoms with van der Waals surface area (Å²) in [6, 6.07) is 0. The van der Waals surface area contributed by atoms with Gasteiger partial charge in [0.2, 0.25) is 0 Å². The Hall–Kier alpha value is 0.0938. The number of fused-ring (bicyclic) bond motifs is 5. The normalized spacial score (nSPS) is 45.2. The molecule has 4 aliphatic carbocycles. The van der Waals surface area contributed by atoms with E-state index in [0.717, 1.165) is 17.8 Å². The van der Waals surface area contributed by atoms with Gasteiger partial charge in [0, 0.05) is 0 Å². The SMILES string of the molecule is C[C@]12CC[C@H](O[Si](C)(C)C)C=C1CCC1C2CC[C@@]2(C)C1CC[C@@H]2O[Si](C)(C)C. The quantitative estimate of drug-likeness (QED) is 0.339. The minimum Gasteiger partial charge on any atom is -0.414 e. The molecule has 0 N–H and O–H groups in total. The third-order valence-electron chi connectivity index (χ3n) is 8.99. The lowest BCUT2D eigenvalue weighted by Gasteiger charge is -2.58. The van der Waals surface area contributed by atoms with Gasteiger partial charge in [-0.25, -0.2) is 0 Å². The van der Waals surface area contributed by atoms with Crippen LogP contribution < -0.4 is 0 Å². The summed E-state index contributed by atoms with van der Waals surface area (Å²) in [5, 5.41) is 0. The predicted octanol–water partition coefficient (Wildman–Crippen LogP) is 7.39. The fraction of sp³-hybridized carbons (Fsp3) is 0.920. The molecule has 7 atom stereocenters. The highest BCUT2D eigenvalue weighted by Gasteiger charge is 2.59. The molecule has 0 bridgehead atoms. The second kappa shape index (κ2) is 7.32. The topological polar surface area (TPSA) is 18.5 Å². The zero-order valence-electron chi connectivity index (χ0n) is 20.4. The maximum absolute atomic E-state index is 6.76. The Morgan fingerprint density at radius 1 is 0.793 bits per heavy atom. The summed E-state index contributed by atoms with van der Waals surface area (Å²) >= 11 is 0. The molecule has 0 spiro atoms. The molecule has 3 saturated carbocycles. The average Bonchev–Trinajstić information content (AvgIpc) is 2.89. The molecule has 0 aliphatic heterocycles. The Kier molecular flexibility index (Phi) is 5.62. The van der Waals surface area contributed by atoms with Crippen molar-refractivity contribution in [2.45, 2.75) is 117 Å². The Morgan fingerprint density at radius 2 is 1.48 bits per heavy atom. The first kappa shape index (κ1) is 22.3. The van der Waals surface area contributed by atoms with E-state index >= 15 is 0 Å². The monoisotopic (exact) mass is 434 g/mol. The van der Waals surface area contributed by atoms with E-state index in [0.29, 0.717) is 23.0 Å². The van der Waals surface area contributed by atoms with Crippen LogP contribution in [0.2, 0.25) is 39.3 Å². The Bertz CT molecular complexity index is 661. The van der Waals surface area contributed by atoms with E-state index < -0.39 is 16.6 Å². The second-order valence-corrected chi connectivity index (χ2v) is 22.1. The number of hydrogen-bond acceptors (Lipinski definition) is 2. The number of rotatable bonds is 4. The molecule has 0 aromatic carbocycles. The van der Waals surface area contributed by atoms with Crippen molar-refractivity contribution >= 4 is 16.6 Å². The van der Waals surface area contributed by atoms with Crippen molar-refractivity contribution in [2.75, 3.05) is 0 Å². The van der Waals surface area contributed by atoms with Crippen molar-refractivity contribution in [1.82, 2.24) is 0 Å². The van der Waals surface area contributed by atoms with Crippen LogP contribution in [0.5, 0.6) is 0 Å². The van der Waals surface area contributed by atoms with Crippen LogP contribution in [0.25, 0.3) is 0 Å². The lowest BCUT2D eigenvalue weighted by molar-refractivity contribution is -0.0715. The van der Waals surface area contributed by atoms with Gasteiger partial charge in [0.15, 0.2) is 16.6 Å². The molecule has 0 amide bonds. The van der Waals surface area contributed by atoms with E-state index in [1.165, 1.54) is 51.4 Å². The maximum Gasteiger partial charge on any atom is 0.184 e. The molecule has 4 rings (SSSR count). The molecule has 3 fully saturated rings. The van der Waals surface area contributed by atoms with Gasteiger partial charge in [0.1, 0.15) is 0 Å². The summed E-state index contributed by atoms with van der Waals surface area (Å²) in [6.07, 6.45) is 14.3. The molecule has 29 heavy (non-hydrogen) atoms. The molecule has 166 valence electrons. The highest BCUT2D eigenvalue weighted by atomic mass is 28.4. The molecule has 0 aromatic rings. The van der Waals surface area contributed by atoms with Crippen LogP contribution >= 0.6 is 0 Å². The van der Waals surface area contributed by atoms with Crippen molar-refractivity contribution < 1.29 is 8.85 Å². The van der Waals surface area contributed by atoms with E-state index in [1.807, 2.05) is 0 Å². The van der Waals surface area contributed by atoms with Gasteiger partial charge in [-0.3, -0.25) is 0 Å². The van der Waals surface area contributed by atoms with Gasteiger partial charge >= 0.3 is 0 Å². The highest BCUT2D eigenvalue weighted by molar-refractivity contribution is 6.70. The summed E-state index contributed by atoms with van der Waals surface area (Å²) in [7, 11) is -2.95. The van der Waals surface area contributed by atoms with Crippen molar-refractivity contribution in [3.8, 4) is 0 Å². The molecule has 0 aromatic heterocycles. The van der Waals surface area contributed by atoms with E-state index in [9.17, 15) is 0 Å². The van der Waals surface area contributed by atoms with Crippen molar-refractivity contribution in [2.24, 2.45) is 28.6 Å². The van der Waals surface area contributed by atoms with Crippen LogP contribution in [0.4, 0.5) is 0 Å². The zero-order valence-corrected chi connectivity index (χ0v) is 22.4. The standard InChI is InChI=1S/C25H46O2Si2/c1-24-15-13-19(26-28(3,4)5)17-18(24)9-10-20-21-11-12-23(27-29(6,7)8)25(21,2)16-14-22(20)24/h17,19-23H,9-16H2,1-8H3/t19-,20?,21?,22?,23-,24-,25-/m0/s1.